The van der Waals surface area contributed by atoms with Crippen molar-refractivity contribution in [2.75, 3.05) is 0 Å². The highest BCUT2D eigenvalue weighted by Crippen LogP contribution is 2.16. The summed E-state index contributed by atoms with van der Waals surface area (Å²) in [7, 11) is -1.72. The van der Waals surface area contributed by atoms with Gasteiger partial charge in [-0.3, -0.25) is 0 Å². The van der Waals surface area contributed by atoms with Crippen molar-refractivity contribution in [3.63, 3.8) is 0 Å². The van der Waals surface area contributed by atoms with Crippen molar-refractivity contribution in [2.45, 2.75) is 38.9 Å². The van der Waals surface area contributed by atoms with Crippen LogP contribution in [0.3, 0.4) is 0 Å². The summed E-state index contributed by atoms with van der Waals surface area (Å²) in [5.74, 6) is -0.175. The fourth-order valence-corrected chi connectivity index (χ4v) is 2.01. The van der Waals surface area contributed by atoms with Crippen molar-refractivity contribution in [3.05, 3.63) is 23.8 Å². The van der Waals surface area contributed by atoms with Crippen molar-refractivity contribution < 1.29 is 9.22 Å². The highest BCUT2D eigenvalue weighted by molar-refractivity contribution is 6.71. The van der Waals surface area contributed by atoms with E-state index in [1.165, 1.54) is 0 Å². The third-order valence-corrected chi connectivity index (χ3v) is 2.69. The van der Waals surface area contributed by atoms with Crippen molar-refractivity contribution >= 4 is 14.3 Å². The molecule has 0 aliphatic heterocycles. The molecule has 0 N–H and O–H groups in total. The lowest BCUT2D eigenvalue weighted by Crippen LogP contribution is -2.28. The maximum absolute atomic E-state index is 11.4. The Hall–Kier alpha value is -0.833. The van der Waals surface area contributed by atoms with Crippen LogP contribution in [0.2, 0.25) is 19.6 Å². The van der Waals surface area contributed by atoms with Crippen LogP contribution in [0.4, 0.5) is 0 Å². The van der Waals surface area contributed by atoms with Gasteiger partial charge in [0.05, 0.1) is 0 Å². The Morgan fingerprint density at radius 1 is 1.50 bits per heavy atom. The van der Waals surface area contributed by atoms with Gasteiger partial charge >= 0.3 is 5.97 Å². The largest absolute Gasteiger partial charge is 0.517 e. The molecule has 0 saturated carbocycles. The van der Waals surface area contributed by atoms with E-state index in [0.29, 0.717) is 0 Å². The molecule has 0 aromatic heterocycles. The fourth-order valence-electron chi connectivity index (χ4n) is 1.34. The zero-order valence-corrected chi connectivity index (χ0v) is 10.2. The second-order valence-corrected chi connectivity index (χ2v) is 8.98. The number of allylic oxidation sites excluding steroid dienone is 3. The first-order chi connectivity index (χ1) is 6.47. The van der Waals surface area contributed by atoms with Crippen LogP contribution < -0.4 is 0 Å². The highest BCUT2D eigenvalue weighted by atomic mass is 28.4. The zero-order valence-electron chi connectivity index (χ0n) is 9.17. The molecule has 0 bridgehead atoms. The lowest BCUT2D eigenvalue weighted by molar-refractivity contribution is -0.129. The fraction of sp³-hybridized carbons (Fsp3) is 0.545. The van der Waals surface area contributed by atoms with Crippen molar-refractivity contribution in [1.29, 1.82) is 0 Å². The number of carbonyl (C=O) groups is 1. The smallest absolute Gasteiger partial charge is 0.317 e. The maximum atomic E-state index is 11.4. The van der Waals surface area contributed by atoms with Gasteiger partial charge in [0.25, 0.3) is 0 Å². The molecule has 0 heterocycles. The molecular weight excluding hydrogens is 192 g/mol. The van der Waals surface area contributed by atoms with Crippen LogP contribution in [-0.4, -0.2) is 14.3 Å². The normalized spacial score (nSPS) is 19.8. The predicted molar refractivity (Wildman–Crippen MR) is 60.5 cm³/mol. The number of carbonyl (C=O) groups excluding carboxylic acids is 1. The minimum absolute atomic E-state index is 0.175. The quantitative estimate of drug-likeness (QED) is 0.517. The SMILES string of the molecule is C[Si](C)(C)OC(=O)/C=C1/C=CCCC1. The molecule has 0 spiro atoms. The molecule has 78 valence electrons. The summed E-state index contributed by atoms with van der Waals surface area (Å²) in [5.41, 5.74) is 1.10. The molecule has 3 heteroatoms. The Labute approximate surface area is 86.8 Å². The van der Waals surface area contributed by atoms with E-state index in [1.807, 2.05) is 25.7 Å². The summed E-state index contributed by atoms with van der Waals surface area (Å²) >= 11 is 0. The molecule has 0 amide bonds. The molecule has 0 aromatic carbocycles. The third-order valence-electron chi connectivity index (χ3n) is 1.88. The van der Waals surface area contributed by atoms with Gasteiger partial charge in [-0.15, -0.1) is 0 Å². The molecule has 0 atom stereocenters. The van der Waals surface area contributed by atoms with Gasteiger partial charge in [0.15, 0.2) is 0 Å². The molecule has 1 aliphatic carbocycles. The Morgan fingerprint density at radius 2 is 2.21 bits per heavy atom. The van der Waals surface area contributed by atoms with Gasteiger partial charge in [-0.1, -0.05) is 12.2 Å². The molecule has 0 radical (unpaired) electrons. The van der Waals surface area contributed by atoms with Gasteiger partial charge in [0, 0.05) is 6.08 Å². The highest BCUT2D eigenvalue weighted by Gasteiger charge is 2.18. The Balaban J connectivity index is 2.54. The Bertz CT molecular complexity index is 272. The first kappa shape index (κ1) is 11.2. The molecule has 0 saturated heterocycles. The van der Waals surface area contributed by atoms with E-state index >= 15 is 0 Å². The van der Waals surface area contributed by atoms with Crippen LogP contribution in [0, 0.1) is 0 Å². The molecule has 2 nitrogen and oxygen atoms in total. The van der Waals surface area contributed by atoms with Crippen LogP contribution in [0.25, 0.3) is 0 Å². The van der Waals surface area contributed by atoms with Crippen molar-refractivity contribution in [2.24, 2.45) is 0 Å². The summed E-state index contributed by atoms with van der Waals surface area (Å²) in [6.45, 7) is 6.04. The van der Waals surface area contributed by atoms with E-state index in [2.05, 4.69) is 6.08 Å². The van der Waals surface area contributed by atoms with Crippen LogP contribution in [0.1, 0.15) is 19.3 Å². The van der Waals surface area contributed by atoms with Crippen molar-refractivity contribution in [3.8, 4) is 0 Å². The standard InChI is InChI=1S/C11H18O2Si/c1-14(2,3)13-11(12)9-10-7-5-4-6-8-10/h5,7,9H,4,6,8H2,1-3H3/b10-9-. The topological polar surface area (TPSA) is 26.3 Å². The van der Waals surface area contributed by atoms with Crippen LogP contribution >= 0.6 is 0 Å². The van der Waals surface area contributed by atoms with Gasteiger partial charge in [0.2, 0.25) is 8.32 Å². The number of rotatable bonds is 2. The van der Waals surface area contributed by atoms with E-state index in [9.17, 15) is 4.79 Å². The van der Waals surface area contributed by atoms with Gasteiger partial charge in [-0.05, 0) is 44.5 Å². The predicted octanol–water partition coefficient (Wildman–Crippen LogP) is 3.03. The second kappa shape index (κ2) is 4.60. The van der Waals surface area contributed by atoms with E-state index in [-0.39, 0.29) is 5.97 Å². The molecule has 0 aromatic rings. The Morgan fingerprint density at radius 3 is 2.71 bits per heavy atom. The van der Waals surface area contributed by atoms with Gasteiger partial charge in [0.1, 0.15) is 0 Å². The summed E-state index contributed by atoms with van der Waals surface area (Å²) in [4.78, 5) is 11.4. The average Bonchev–Trinajstić information content (AvgIpc) is 2.02. The molecule has 1 aliphatic rings. The maximum Gasteiger partial charge on any atom is 0.317 e. The first-order valence-corrected chi connectivity index (χ1v) is 8.48. The molecule has 14 heavy (non-hydrogen) atoms. The van der Waals surface area contributed by atoms with E-state index < -0.39 is 8.32 Å². The summed E-state index contributed by atoms with van der Waals surface area (Å²) < 4.78 is 5.33. The van der Waals surface area contributed by atoms with Gasteiger partial charge in [-0.2, -0.15) is 0 Å². The first-order valence-electron chi connectivity index (χ1n) is 5.07. The average molecular weight is 210 g/mol. The van der Waals surface area contributed by atoms with E-state index in [0.717, 1.165) is 24.8 Å². The monoisotopic (exact) mass is 210 g/mol. The summed E-state index contributed by atoms with van der Waals surface area (Å²) in [5, 5.41) is 0. The third kappa shape index (κ3) is 4.42. The molecule has 1 rings (SSSR count). The minimum Gasteiger partial charge on any atom is -0.517 e. The van der Waals surface area contributed by atoms with Gasteiger partial charge < -0.3 is 4.43 Å². The number of hydrogen-bond acceptors (Lipinski definition) is 2. The lowest BCUT2D eigenvalue weighted by Gasteiger charge is -2.16. The van der Waals surface area contributed by atoms with Crippen LogP contribution in [0.15, 0.2) is 23.8 Å². The van der Waals surface area contributed by atoms with Gasteiger partial charge in [-0.25, -0.2) is 4.79 Å². The van der Waals surface area contributed by atoms with Crippen LogP contribution in [0.5, 0.6) is 0 Å². The van der Waals surface area contributed by atoms with E-state index in [4.69, 9.17) is 4.43 Å². The molecule has 0 unspecified atom stereocenters. The Kier molecular flexibility index (Phi) is 3.69. The van der Waals surface area contributed by atoms with Crippen LogP contribution in [-0.2, 0) is 9.22 Å². The zero-order chi connectivity index (χ0) is 10.6. The molecular formula is C11H18O2Si. The van der Waals surface area contributed by atoms with E-state index in [1.54, 1.807) is 6.08 Å². The minimum atomic E-state index is -1.72. The number of hydrogen-bond donors (Lipinski definition) is 0. The summed E-state index contributed by atoms with van der Waals surface area (Å²) in [6, 6.07) is 0. The molecule has 0 fully saturated rings. The second-order valence-electron chi connectivity index (χ2n) is 4.55. The summed E-state index contributed by atoms with van der Waals surface area (Å²) in [6.07, 6.45) is 9.03. The lowest BCUT2D eigenvalue weighted by atomic mass is 10.0. The van der Waals surface area contributed by atoms with Crippen molar-refractivity contribution in [1.82, 2.24) is 0 Å².